The summed E-state index contributed by atoms with van der Waals surface area (Å²) in [5.41, 5.74) is 10.6. The standard InChI is InChI=1S/C30H31Cl2N5O3/c1-30(38)12-17(13-30)10-11-22-28(39-2)36-24(15-34-22)20-8-4-6-18(26(20)31)19-7-5-9-21(27(19)32)25-16-35-23(14-33)29(37-25)40-3/h4-9,15-17,38H,10-14,33H2,1-3H3. The van der Waals surface area contributed by atoms with Crippen LogP contribution < -0.4 is 15.2 Å². The van der Waals surface area contributed by atoms with E-state index in [1.54, 1.807) is 19.5 Å². The van der Waals surface area contributed by atoms with E-state index >= 15 is 0 Å². The van der Waals surface area contributed by atoms with Crippen molar-refractivity contribution in [3.05, 3.63) is 70.2 Å². The van der Waals surface area contributed by atoms with Gasteiger partial charge in [0, 0.05) is 28.8 Å². The Morgan fingerprint density at radius 3 is 1.80 bits per heavy atom. The van der Waals surface area contributed by atoms with Crippen molar-refractivity contribution >= 4 is 23.2 Å². The fraction of sp³-hybridized carbons (Fsp3) is 0.333. The summed E-state index contributed by atoms with van der Waals surface area (Å²) in [6.45, 7) is 2.09. The predicted octanol–water partition coefficient (Wildman–Crippen LogP) is 6.14. The molecule has 4 aromatic rings. The van der Waals surface area contributed by atoms with Gasteiger partial charge in [0.15, 0.2) is 0 Å². The molecule has 0 aliphatic heterocycles. The second-order valence-electron chi connectivity index (χ2n) is 10.3. The Morgan fingerprint density at radius 2 is 1.32 bits per heavy atom. The lowest BCUT2D eigenvalue weighted by molar-refractivity contribution is -0.0591. The molecular formula is C30H31Cl2N5O3. The highest BCUT2D eigenvalue weighted by Gasteiger charge is 2.37. The van der Waals surface area contributed by atoms with Crippen molar-refractivity contribution in [3.63, 3.8) is 0 Å². The zero-order chi connectivity index (χ0) is 28.4. The molecule has 0 spiro atoms. The van der Waals surface area contributed by atoms with Crippen LogP contribution in [0.4, 0.5) is 0 Å². The molecule has 0 radical (unpaired) electrons. The Kier molecular flexibility index (Phi) is 8.24. The van der Waals surface area contributed by atoms with Crippen LogP contribution in [0.5, 0.6) is 11.8 Å². The topological polar surface area (TPSA) is 116 Å². The van der Waals surface area contributed by atoms with Gasteiger partial charge in [-0.1, -0.05) is 59.6 Å². The van der Waals surface area contributed by atoms with E-state index in [-0.39, 0.29) is 6.54 Å². The summed E-state index contributed by atoms with van der Waals surface area (Å²) in [5.74, 6) is 1.31. The van der Waals surface area contributed by atoms with E-state index in [1.165, 1.54) is 7.11 Å². The van der Waals surface area contributed by atoms with E-state index < -0.39 is 5.60 Å². The van der Waals surface area contributed by atoms with Crippen molar-refractivity contribution in [2.24, 2.45) is 11.7 Å². The van der Waals surface area contributed by atoms with Gasteiger partial charge in [0.25, 0.3) is 0 Å². The number of methoxy groups -OCH3 is 2. The van der Waals surface area contributed by atoms with Gasteiger partial charge in [-0.25, -0.2) is 9.97 Å². The quantitative estimate of drug-likeness (QED) is 0.242. The van der Waals surface area contributed by atoms with Gasteiger partial charge in [0.1, 0.15) is 11.4 Å². The number of benzene rings is 2. The van der Waals surface area contributed by atoms with Crippen LogP contribution >= 0.6 is 23.2 Å². The number of ether oxygens (including phenoxy) is 2. The number of halogens is 2. The maximum Gasteiger partial charge on any atom is 0.237 e. The molecule has 1 aliphatic rings. The first kappa shape index (κ1) is 28.2. The molecule has 5 rings (SSSR count). The zero-order valence-corrected chi connectivity index (χ0v) is 24.1. The molecule has 10 heteroatoms. The van der Waals surface area contributed by atoms with Gasteiger partial charge in [-0.15, -0.1) is 0 Å². The summed E-state index contributed by atoms with van der Waals surface area (Å²) in [7, 11) is 3.12. The summed E-state index contributed by atoms with van der Waals surface area (Å²) >= 11 is 13.9. The lowest BCUT2D eigenvalue weighted by atomic mass is 9.70. The van der Waals surface area contributed by atoms with Crippen LogP contribution in [0.1, 0.15) is 37.6 Å². The van der Waals surface area contributed by atoms with Crippen LogP contribution in [0.2, 0.25) is 10.0 Å². The third kappa shape index (κ3) is 5.63. The van der Waals surface area contributed by atoms with Gasteiger partial charge < -0.3 is 20.3 Å². The minimum Gasteiger partial charge on any atom is -0.480 e. The fourth-order valence-corrected chi connectivity index (χ4v) is 5.95. The van der Waals surface area contributed by atoms with Crippen LogP contribution in [0, 0.1) is 5.92 Å². The number of hydrogen-bond donors (Lipinski definition) is 2. The summed E-state index contributed by atoms with van der Waals surface area (Å²) < 4.78 is 10.9. The number of nitrogens with two attached hydrogens (primary N) is 1. The Balaban J connectivity index is 1.46. The van der Waals surface area contributed by atoms with Gasteiger partial charge in [-0.05, 0) is 38.5 Å². The van der Waals surface area contributed by atoms with Gasteiger partial charge in [0.05, 0.1) is 53.6 Å². The summed E-state index contributed by atoms with van der Waals surface area (Å²) in [6.07, 6.45) is 6.63. The van der Waals surface area contributed by atoms with E-state index in [2.05, 4.69) is 15.0 Å². The van der Waals surface area contributed by atoms with Crippen LogP contribution in [0.15, 0.2) is 48.8 Å². The lowest BCUT2D eigenvalue weighted by Crippen LogP contribution is -2.40. The average molecular weight is 581 g/mol. The molecule has 2 heterocycles. The van der Waals surface area contributed by atoms with Crippen molar-refractivity contribution in [2.45, 2.75) is 44.8 Å². The summed E-state index contributed by atoms with van der Waals surface area (Å²) in [6, 6.07) is 11.4. The van der Waals surface area contributed by atoms with E-state index in [9.17, 15) is 5.11 Å². The molecular weight excluding hydrogens is 549 g/mol. The van der Waals surface area contributed by atoms with Crippen LogP contribution in [0.25, 0.3) is 33.6 Å². The highest BCUT2D eigenvalue weighted by atomic mass is 35.5. The largest absolute Gasteiger partial charge is 0.480 e. The molecule has 1 saturated carbocycles. The minimum absolute atomic E-state index is 0.213. The monoisotopic (exact) mass is 579 g/mol. The molecule has 2 aromatic carbocycles. The first-order chi connectivity index (χ1) is 19.2. The normalized spacial score (nSPS) is 18.3. The third-order valence-electron chi connectivity index (χ3n) is 7.29. The highest BCUT2D eigenvalue weighted by Crippen LogP contribution is 2.43. The molecule has 8 nitrogen and oxygen atoms in total. The molecule has 0 bridgehead atoms. The second kappa shape index (κ2) is 11.7. The van der Waals surface area contributed by atoms with Gasteiger partial charge in [-0.3, -0.25) is 9.97 Å². The number of hydrogen-bond acceptors (Lipinski definition) is 8. The number of aliphatic hydroxyl groups is 1. The van der Waals surface area contributed by atoms with Crippen molar-refractivity contribution in [1.82, 2.24) is 19.9 Å². The smallest absolute Gasteiger partial charge is 0.237 e. The van der Waals surface area contributed by atoms with Gasteiger partial charge in [-0.2, -0.15) is 0 Å². The van der Waals surface area contributed by atoms with E-state index in [4.69, 9.17) is 43.4 Å². The van der Waals surface area contributed by atoms with E-state index in [0.29, 0.717) is 55.9 Å². The molecule has 0 unspecified atom stereocenters. The SMILES string of the molecule is COc1nc(-c2cccc(-c3cccc(-c4cnc(CCC5CC(C)(O)C5)c(OC)n4)c3Cl)c2Cl)cnc1CN. The Morgan fingerprint density at radius 1 is 0.850 bits per heavy atom. The molecule has 2 aromatic heterocycles. The average Bonchev–Trinajstić information content (AvgIpc) is 2.95. The van der Waals surface area contributed by atoms with Gasteiger partial charge >= 0.3 is 0 Å². The van der Waals surface area contributed by atoms with Crippen LogP contribution in [0.3, 0.4) is 0 Å². The Hall–Kier alpha value is -3.30. The molecule has 3 N–H and O–H groups in total. The van der Waals surface area contributed by atoms with Crippen molar-refractivity contribution in [2.75, 3.05) is 14.2 Å². The van der Waals surface area contributed by atoms with Crippen molar-refractivity contribution < 1.29 is 14.6 Å². The fourth-order valence-electron chi connectivity index (χ4n) is 5.30. The van der Waals surface area contributed by atoms with Gasteiger partial charge in [0.2, 0.25) is 11.8 Å². The molecule has 0 saturated heterocycles. The first-order valence-corrected chi connectivity index (χ1v) is 13.8. The number of rotatable bonds is 9. The second-order valence-corrected chi connectivity index (χ2v) is 11.0. The van der Waals surface area contributed by atoms with Crippen molar-refractivity contribution in [1.29, 1.82) is 0 Å². The number of nitrogens with zero attached hydrogens (tertiary/aromatic N) is 4. The van der Waals surface area contributed by atoms with E-state index in [0.717, 1.165) is 42.5 Å². The molecule has 208 valence electrons. The van der Waals surface area contributed by atoms with Crippen molar-refractivity contribution in [3.8, 4) is 45.4 Å². The molecule has 0 atom stereocenters. The molecule has 0 amide bonds. The lowest BCUT2D eigenvalue weighted by Gasteiger charge is -2.41. The maximum atomic E-state index is 10.0. The molecule has 40 heavy (non-hydrogen) atoms. The number of aromatic nitrogens is 4. The van der Waals surface area contributed by atoms with Crippen LogP contribution in [-0.2, 0) is 13.0 Å². The highest BCUT2D eigenvalue weighted by molar-refractivity contribution is 6.39. The summed E-state index contributed by atoms with van der Waals surface area (Å²) in [4.78, 5) is 18.3. The Labute approximate surface area is 243 Å². The predicted molar refractivity (Wildman–Crippen MR) is 157 cm³/mol. The maximum absolute atomic E-state index is 10.0. The zero-order valence-electron chi connectivity index (χ0n) is 22.6. The van der Waals surface area contributed by atoms with E-state index in [1.807, 2.05) is 43.3 Å². The third-order valence-corrected chi connectivity index (χ3v) is 8.10. The summed E-state index contributed by atoms with van der Waals surface area (Å²) in [5, 5.41) is 11.0. The van der Waals surface area contributed by atoms with Crippen LogP contribution in [-0.4, -0.2) is 44.9 Å². The first-order valence-electron chi connectivity index (χ1n) is 13.0. The minimum atomic E-state index is -0.538. The molecule has 1 aliphatic carbocycles. The Bertz CT molecular complexity index is 1540. The molecule has 1 fully saturated rings. The number of aryl methyl sites for hydroxylation is 1.